The molecule has 1 aliphatic heterocycles. The largest absolute Gasteiger partial charge is 0.469 e. The lowest BCUT2D eigenvalue weighted by Crippen LogP contribution is -2.66. The third-order valence-electron chi connectivity index (χ3n) is 23.0. The minimum atomic E-state index is -1.20. The Bertz CT molecular complexity index is 2010. The van der Waals surface area contributed by atoms with Gasteiger partial charge < -0.3 is 28.4 Å². The van der Waals surface area contributed by atoms with Crippen LogP contribution in [0.2, 0.25) is 0 Å². The van der Waals surface area contributed by atoms with Crippen LogP contribution in [0.5, 0.6) is 0 Å². The van der Waals surface area contributed by atoms with Gasteiger partial charge in [0.1, 0.15) is 24.4 Å². The predicted octanol–water partition coefficient (Wildman–Crippen LogP) is 9.95. The molecule has 20 atom stereocenters. The first kappa shape index (κ1) is 55.4. The minimum Gasteiger partial charge on any atom is -0.469 e. The van der Waals surface area contributed by atoms with E-state index in [9.17, 15) is 28.8 Å². The molecule has 0 aromatic heterocycles. The second-order valence-corrected chi connectivity index (χ2v) is 26.3. The van der Waals surface area contributed by atoms with Crippen molar-refractivity contribution in [2.45, 2.75) is 221 Å². The molecule has 0 amide bonds. The van der Waals surface area contributed by atoms with Crippen LogP contribution in [0.4, 0.5) is 0 Å². The van der Waals surface area contributed by atoms with Crippen LogP contribution < -0.4 is 0 Å². The summed E-state index contributed by atoms with van der Waals surface area (Å²) < 4.78 is 35.5. The lowest BCUT2D eigenvalue weighted by Gasteiger charge is -2.66. The molecule has 2 spiro atoms. The second kappa shape index (κ2) is 20.5. The number of carbonyl (C=O) groups is 6. The van der Waals surface area contributed by atoms with E-state index in [1.807, 2.05) is 0 Å². The zero-order valence-electron chi connectivity index (χ0n) is 46.5. The van der Waals surface area contributed by atoms with Crippen molar-refractivity contribution in [3.8, 4) is 0 Å². The van der Waals surface area contributed by atoms with Gasteiger partial charge in [-0.1, -0.05) is 41.5 Å². The molecule has 1 heterocycles. The molecule has 9 fully saturated rings. The summed E-state index contributed by atoms with van der Waals surface area (Å²) in [7, 11) is 2.83. The van der Waals surface area contributed by atoms with Gasteiger partial charge in [-0.05, 0) is 147 Å². The Kier molecular flexibility index (Phi) is 15.3. The predicted molar refractivity (Wildman–Crippen MR) is 265 cm³/mol. The van der Waals surface area contributed by atoms with Gasteiger partial charge in [0.15, 0.2) is 0 Å². The molecular formula is C58H88O16. The third kappa shape index (κ3) is 9.42. The van der Waals surface area contributed by atoms with Crippen LogP contribution >= 0.6 is 0 Å². The minimum absolute atomic E-state index is 0.01000. The van der Waals surface area contributed by atoms with Crippen LogP contribution in [-0.2, 0) is 76.7 Å². The zero-order valence-corrected chi connectivity index (χ0v) is 46.5. The van der Waals surface area contributed by atoms with Crippen molar-refractivity contribution in [2.75, 3.05) is 14.2 Å². The first-order valence-corrected chi connectivity index (χ1v) is 28.4. The smallest absolute Gasteiger partial charge is 0.305 e. The van der Waals surface area contributed by atoms with Gasteiger partial charge >= 0.3 is 35.8 Å². The lowest BCUT2D eigenvalue weighted by atomic mass is 9.42. The fourth-order valence-electron chi connectivity index (χ4n) is 19.4. The van der Waals surface area contributed by atoms with E-state index in [4.69, 9.17) is 48.0 Å². The zero-order chi connectivity index (χ0) is 53.5. The quantitative estimate of drug-likeness (QED) is 0.102. The number of methoxy groups -OCH3 is 2. The van der Waals surface area contributed by atoms with Gasteiger partial charge in [0, 0.05) is 88.9 Å². The number of fused-ring (bicyclic) bond motifs is 10. The molecule has 74 heavy (non-hydrogen) atoms. The Balaban J connectivity index is 0.929. The van der Waals surface area contributed by atoms with Gasteiger partial charge in [0.05, 0.1) is 14.2 Å². The summed E-state index contributed by atoms with van der Waals surface area (Å²) >= 11 is 0. The SMILES string of the molecule is COC(=O)CCC(C)C1CCC2C3C(C[C@H](OC(C)=O)[C@]12C)[C@@]1(C)CCC2(C[C@H]1C[C@H]3OC(C)=O)OOC1(CC[C@]3(C)C4C[C@H](OC(C)=O)[C@]5(C)C(C(C)CCC(=O)OC)CCC5C4[C@H](OC(C)=O)C[C@@H]3C1)OO2. The van der Waals surface area contributed by atoms with Crippen molar-refractivity contribution in [1.82, 2.24) is 0 Å². The molecule has 0 aromatic rings. The van der Waals surface area contributed by atoms with Crippen LogP contribution in [0.1, 0.15) is 185 Å². The van der Waals surface area contributed by atoms with E-state index in [2.05, 4.69) is 41.5 Å². The fraction of sp³-hybridized carbons (Fsp3) is 0.897. The normalized spacial score (nSPS) is 46.7. The number of hydrogen-bond acceptors (Lipinski definition) is 16. The highest BCUT2D eigenvalue weighted by Crippen LogP contribution is 2.73. The van der Waals surface area contributed by atoms with Crippen molar-refractivity contribution in [3.05, 3.63) is 0 Å². The molecule has 9 aliphatic rings. The number of carbonyl (C=O) groups excluding carboxylic acids is 6. The average molecular weight is 1040 g/mol. The van der Waals surface area contributed by atoms with Gasteiger partial charge in [-0.15, -0.1) is 0 Å². The van der Waals surface area contributed by atoms with E-state index in [0.717, 1.165) is 38.5 Å². The molecule has 1 saturated heterocycles. The average Bonchev–Trinajstić information content (AvgIpc) is 3.89. The molecule has 0 N–H and O–H groups in total. The first-order valence-electron chi connectivity index (χ1n) is 28.4. The summed E-state index contributed by atoms with van der Waals surface area (Å²) in [5, 5.41) is 0. The maximum Gasteiger partial charge on any atom is 0.305 e. The van der Waals surface area contributed by atoms with Crippen molar-refractivity contribution in [1.29, 1.82) is 0 Å². The van der Waals surface area contributed by atoms with Gasteiger partial charge in [-0.2, -0.15) is 19.6 Å². The number of hydrogen-bond donors (Lipinski definition) is 0. The van der Waals surface area contributed by atoms with Crippen molar-refractivity contribution in [3.63, 3.8) is 0 Å². The summed E-state index contributed by atoms with van der Waals surface area (Å²) in [6, 6.07) is 0. The Morgan fingerprint density at radius 2 is 0.838 bits per heavy atom. The summed E-state index contributed by atoms with van der Waals surface area (Å²) in [6.45, 7) is 19.6. The Morgan fingerprint density at radius 1 is 0.486 bits per heavy atom. The number of esters is 6. The van der Waals surface area contributed by atoms with Crippen LogP contribution in [0.15, 0.2) is 0 Å². The van der Waals surface area contributed by atoms with Crippen LogP contribution in [0.25, 0.3) is 0 Å². The topological polar surface area (TPSA) is 195 Å². The molecule has 9 rings (SSSR count). The lowest BCUT2D eigenvalue weighted by molar-refractivity contribution is -0.667. The van der Waals surface area contributed by atoms with E-state index in [0.29, 0.717) is 77.0 Å². The van der Waals surface area contributed by atoms with Gasteiger partial charge in [-0.3, -0.25) is 28.8 Å². The van der Waals surface area contributed by atoms with E-state index in [1.54, 1.807) is 0 Å². The van der Waals surface area contributed by atoms with Crippen LogP contribution in [0, 0.1) is 92.7 Å². The maximum atomic E-state index is 13.0. The van der Waals surface area contributed by atoms with Crippen LogP contribution in [-0.4, -0.2) is 86.0 Å². The molecule has 416 valence electrons. The van der Waals surface area contributed by atoms with Gasteiger partial charge in [0.25, 0.3) is 0 Å². The maximum absolute atomic E-state index is 13.0. The van der Waals surface area contributed by atoms with Crippen molar-refractivity contribution in [2.24, 2.45) is 92.7 Å². The Morgan fingerprint density at radius 3 is 1.16 bits per heavy atom. The van der Waals surface area contributed by atoms with E-state index in [1.165, 1.54) is 41.9 Å². The third-order valence-corrected chi connectivity index (χ3v) is 23.0. The monoisotopic (exact) mass is 1040 g/mol. The standard InChI is InChI=1S/C58H88O16/c1-31(13-19-49(63)65-11)39-15-17-41-51-43(27-47(55(39,41)9)69-35(5)61)53(7)21-23-57(29-37(53)25-45(51)67-33(3)59)71-73-58(74-72-57)24-22-54(8)38(30-58)26-46(68-34(4)60)52-42-18-16-40(32(2)14-20-50(64)66-12)56(42,10)48(28-44(52)54)70-36(6)62/h31-32,37-48,51-52H,13-30H2,1-12H3/t31?,32?,37-,38-,39?,40?,41?,42?,43?,44?,45-,46-,47+,48+,51?,52?,53+,54+,55-,56-,57?,58?/m1/s1. The van der Waals surface area contributed by atoms with Gasteiger partial charge in [-0.25, -0.2) is 0 Å². The molecule has 16 nitrogen and oxygen atoms in total. The summed E-state index contributed by atoms with van der Waals surface area (Å²) in [6.07, 6.45) is 10.1. The highest BCUT2D eigenvalue weighted by molar-refractivity contribution is 5.69. The fourth-order valence-corrected chi connectivity index (χ4v) is 19.4. The molecule has 0 radical (unpaired) electrons. The summed E-state index contributed by atoms with van der Waals surface area (Å²) in [5.41, 5.74) is -1.24. The van der Waals surface area contributed by atoms with Crippen molar-refractivity contribution >= 4 is 35.8 Å². The number of ether oxygens (including phenoxy) is 6. The molecule has 10 unspecified atom stereocenters. The Hall–Kier alpha value is -3.34. The number of rotatable bonds is 12. The highest BCUT2D eigenvalue weighted by atomic mass is 17.4. The molecule has 16 heteroatoms. The molecule has 8 aliphatic carbocycles. The highest BCUT2D eigenvalue weighted by Gasteiger charge is 2.72. The Labute approximate surface area is 438 Å². The second-order valence-electron chi connectivity index (χ2n) is 26.3. The first-order chi connectivity index (χ1) is 34.9. The molecule has 0 bridgehead atoms. The van der Waals surface area contributed by atoms with E-state index >= 15 is 0 Å². The molecule has 8 saturated carbocycles. The van der Waals surface area contributed by atoms with E-state index in [-0.39, 0.29) is 153 Å². The van der Waals surface area contributed by atoms with E-state index < -0.39 is 11.6 Å². The summed E-state index contributed by atoms with van der Waals surface area (Å²) in [4.78, 5) is 103. The van der Waals surface area contributed by atoms with Crippen LogP contribution in [0.3, 0.4) is 0 Å². The van der Waals surface area contributed by atoms with Crippen molar-refractivity contribution < 1.29 is 76.7 Å². The molecular weight excluding hydrogens is 953 g/mol. The summed E-state index contributed by atoms with van der Waals surface area (Å²) in [5.74, 6) is -2.87. The van der Waals surface area contributed by atoms with Gasteiger partial charge in [0.2, 0.25) is 11.6 Å². The molecule has 0 aromatic carbocycles.